The molecular formula is C19H24ClN5O2. The van der Waals surface area contributed by atoms with E-state index in [-0.39, 0.29) is 23.2 Å². The number of rotatable bonds is 5. The number of imidazole rings is 1. The van der Waals surface area contributed by atoms with Crippen LogP contribution in [-0.4, -0.2) is 48.0 Å². The van der Waals surface area contributed by atoms with Crippen LogP contribution in [0.15, 0.2) is 6.33 Å². The Hall–Kier alpha value is -1.44. The molecule has 4 aliphatic rings. The first-order valence-electron chi connectivity index (χ1n) is 10.1. The molecule has 6 atom stereocenters. The standard InChI is InChI=1S/C19H24ClN5O2/c20-19-23-17(22-12(9-4-5-9)8-2-1-3-8)13-18(24-19)25(7-21-13)14-10-6-11(10)15(26)16(14)27/h7-12,14-16,26-27H,1-6H2,(H,22,23,24)/t10-,11+,12+,14+,15+,16-/m0/s1. The van der Waals surface area contributed by atoms with Crippen molar-refractivity contribution in [2.45, 2.75) is 62.8 Å². The molecule has 0 radical (unpaired) electrons. The summed E-state index contributed by atoms with van der Waals surface area (Å²) in [7, 11) is 0. The highest BCUT2D eigenvalue weighted by Crippen LogP contribution is 2.58. The van der Waals surface area contributed by atoms with Gasteiger partial charge >= 0.3 is 0 Å². The van der Waals surface area contributed by atoms with Crippen LogP contribution in [0.2, 0.25) is 5.28 Å². The molecule has 4 aliphatic carbocycles. The Kier molecular flexibility index (Phi) is 3.53. The average Bonchev–Trinajstić information content (AvgIpc) is 3.49. The van der Waals surface area contributed by atoms with Crippen LogP contribution >= 0.6 is 11.6 Å². The van der Waals surface area contributed by atoms with E-state index in [1.54, 1.807) is 6.33 Å². The molecule has 0 saturated heterocycles. The molecule has 3 N–H and O–H groups in total. The van der Waals surface area contributed by atoms with E-state index in [1.165, 1.54) is 32.1 Å². The van der Waals surface area contributed by atoms with Gasteiger partial charge in [-0.05, 0) is 67.4 Å². The number of hydrogen-bond donors (Lipinski definition) is 3. The van der Waals surface area contributed by atoms with Crippen molar-refractivity contribution in [3.8, 4) is 0 Å². The molecule has 0 aliphatic heterocycles. The lowest BCUT2D eigenvalue weighted by molar-refractivity contribution is 0.00386. The third kappa shape index (κ3) is 2.51. The highest BCUT2D eigenvalue weighted by molar-refractivity contribution is 6.28. The summed E-state index contributed by atoms with van der Waals surface area (Å²) in [6, 6.07) is 0.240. The van der Waals surface area contributed by atoms with E-state index in [9.17, 15) is 10.2 Å². The van der Waals surface area contributed by atoms with Crippen LogP contribution in [-0.2, 0) is 0 Å². The van der Waals surface area contributed by atoms with Gasteiger partial charge in [-0.2, -0.15) is 9.97 Å². The minimum Gasteiger partial charge on any atom is -0.390 e. The predicted octanol–water partition coefficient (Wildman–Crippen LogP) is 2.38. The Morgan fingerprint density at radius 1 is 1.07 bits per heavy atom. The summed E-state index contributed by atoms with van der Waals surface area (Å²) in [5.41, 5.74) is 1.35. The maximum atomic E-state index is 10.5. The molecule has 6 rings (SSSR count). The molecule has 4 saturated carbocycles. The van der Waals surface area contributed by atoms with Gasteiger partial charge in [0.2, 0.25) is 5.28 Å². The van der Waals surface area contributed by atoms with E-state index in [4.69, 9.17) is 11.6 Å². The van der Waals surface area contributed by atoms with Crippen LogP contribution < -0.4 is 5.32 Å². The number of aromatic nitrogens is 4. The van der Waals surface area contributed by atoms with Gasteiger partial charge in [0, 0.05) is 6.04 Å². The van der Waals surface area contributed by atoms with E-state index in [2.05, 4.69) is 20.3 Å². The molecule has 2 aromatic heterocycles. The normalized spacial score (nSPS) is 36.5. The van der Waals surface area contributed by atoms with Crippen LogP contribution in [0.5, 0.6) is 0 Å². The van der Waals surface area contributed by atoms with Gasteiger partial charge in [0.25, 0.3) is 0 Å². The average molecular weight is 390 g/mol. The summed E-state index contributed by atoms with van der Waals surface area (Å²) in [5.74, 6) is 2.61. The number of aliphatic hydroxyl groups excluding tert-OH is 2. The van der Waals surface area contributed by atoms with Crippen molar-refractivity contribution in [2.75, 3.05) is 5.32 Å². The molecule has 7 nitrogen and oxygen atoms in total. The van der Waals surface area contributed by atoms with Gasteiger partial charge in [0.1, 0.15) is 6.10 Å². The lowest BCUT2D eigenvalue weighted by Gasteiger charge is -2.35. The maximum absolute atomic E-state index is 10.5. The Balaban J connectivity index is 1.38. The highest BCUT2D eigenvalue weighted by Gasteiger charge is 2.60. The molecule has 0 aromatic carbocycles. The Morgan fingerprint density at radius 3 is 2.48 bits per heavy atom. The summed E-state index contributed by atoms with van der Waals surface area (Å²) < 4.78 is 1.90. The number of hydrogen-bond acceptors (Lipinski definition) is 6. The van der Waals surface area contributed by atoms with Crippen molar-refractivity contribution in [3.63, 3.8) is 0 Å². The Morgan fingerprint density at radius 2 is 1.85 bits per heavy atom. The molecule has 144 valence electrons. The van der Waals surface area contributed by atoms with Crippen molar-refractivity contribution in [2.24, 2.45) is 23.7 Å². The van der Waals surface area contributed by atoms with E-state index >= 15 is 0 Å². The summed E-state index contributed by atoms with van der Waals surface area (Å²) in [6.07, 6.45) is 7.64. The van der Waals surface area contributed by atoms with Crippen LogP contribution in [0.3, 0.4) is 0 Å². The van der Waals surface area contributed by atoms with E-state index in [0.717, 1.165) is 12.3 Å². The first-order valence-corrected chi connectivity index (χ1v) is 10.5. The zero-order valence-electron chi connectivity index (χ0n) is 15.0. The summed E-state index contributed by atoms with van der Waals surface area (Å²) in [5, 5.41) is 24.5. The highest BCUT2D eigenvalue weighted by atomic mass is 35.5. The van der Waals surface area contributed by atoms with Crippen molar-refractivity contribution in [1.29, 1.82) is 0 Å². The Bertz CT molecular complexity index is 896. The summed E-state index contributed by atoms with van der Waals surface area (Å²) >= 11 is 6.26. The van der Waals surface area contributed by atoms with Gasteiger partial charge in [0.15, 0.2) is 17.0 Å². The smallest absolute Gasteiger partial charge is 0.226 e. The fourth-order valence-electron chi connectivity index (χ4n) is 5.34. The van der Waals surface area contributed by atoms with Gasteiger partial charge in [-0.1, -0.05) is 6.42 Å². The fraction of sp³-hybridized carbons (Fsp3) is 0.737. The molecule has 8 heteroatoms. The van der Waals surface area contributed by atoms with Crippen molar-refractivity contribution < 1.29 is 10.2 Å². The summed E-state index contributed by atoms with van der Waals surface area (Å²) in [4.78, 5) is 13.4. The largest absolute Gasteiger partial charge is 0.390 e. The number of nitrogens with zero attached hydrogens (tertiary/aromatic N) is 4. The minimum atomic E-state index is -0.787. The number of fused-ring (bicyclic) bond motifs is 2. The molecule has 0 amide bonds. The second-order valence-corrected chi connectivity index (χ2v) is 9.24. The molecule has 0 spiro atoms. The summed E-state index contributed by atoms with van der Waals surface area (Å²) in [6.45, 7) is 0. The van der Waals surface area contributed by atoms with Gasteiger partial charge in [-0.3, -0.25) is 0 Å². The molecule has 0 bridgehead atoms. The van der Waals surface area contributed by atoms with E-state index < -0.39 is 12.2 Å². The Labute approximate surface area is 162 Å². The zero-order valence-corrected chi connectivity index (χ0v) is 15.8. The lowest BCUT2D eigenvalue weighted by atomic mass is 9.78. The third-order valence-electron chi connectivity index (χ3n) is 7.27. The molecule has 27 heavy (non-hydrogen) atoms. The lowest BCUT2D eigenvalue weighted by Crippen LogP contribution is -2.35. The number of halogens is 1. The molecule has 4 fully saturated rings. The monoisotopic (exact) mass is 389 g/mol. The van der Waals surface area contributed by atoms with Crippen LogP contribution in [0, 0.1) is 23.7 Å². The van der Waals surface area contributed by atoms with Gasteiger partial charge < -0.3 is 20.1 Å². The minimum absolute atomic E-state index is 0.190. The van der Waals surface area contributed by atoms with Crippen molar-refractivity contribution in [3.05, 3.63) is 11.6 Å². The third-order valence-corrected chi connectivity index (χ3v) is 7.44. The predicted molar refractivity (Wildman–Crippen MR) is 100 cm³/mol. The molecular weight excluding hydrogens is 366 g/mol. The first kappa shape index (κ1) is 16.5. The van der Waals surface area contributed by atoms with E-state index in [0.29, 0.717) is 28.9 Å². The zero-order chi connectivity index (χ0) is 18.3. The fourth-order valence-corrected chi connectivity index (χ4v) is 5.51. The quantitative estimate of drug-likeness (QED) is 0.679. The molecule has 2 aromatic rings. The number of anilines is 1. The van der Waals surface area contributed by atoms with Gasteiger partial charge in [-0.15, -0.1) is 0 Å². The van der Waals surface area contributed by atoms with Crippen molar-refractivity contribution in [1.82, 2.24) is 19.5 Å². The number of nitrogens with one attached hydrogen (secondary N) is 1. The first-order chi connectivity index (χ1) is 13.1. The van der Waals surface area contributed by atoms with Gasteiger partial charge in [0.05, 0.1) is 18.5 Å². The second-order valence-electron chi connectivity index (χ2n) is 8.90. The van der Waals surface area contributed by atoms with Crippen LogP contribution in [0.1, 0.15) is 44.6 Å². The van der Waals surface area contributed by atoms with Gasteiger partial charge in [-0.25, -0.2) is 4.98 Å². The molecule has 2 heterocycles. The SMILES string of the molecule is O[C@@H]1[C@H](O)[C@@H]2C[C@@H]2[C@H]1n1cnc2c(N[C@H](C3CCC3)C3CC3)nc(Cl)nc21. The van der Waals surface area contributed by atoms with Crippen molar-refractivity contribution >= 4 is 28.6 Å². The van der Waals surface area contributed by atoms with Crippen LogP contribution in [0.25, 0.3) is 11.2 Å². The molecule has 0 unspecified atom stereocenters. The van der Waals surface area contributed by atoms with Crippen LogP contribution in [0.4, 0.5) is 5.82 Å². The van der Waals surface area contributed by atoms with E-state index in [1.807, 2.05) is 4.57 Å². The maximum Gasteiger partial charge on any atom is 0.226 e. The topological polar surface area (TPSA) is 96.1 Å². The number of aliphatic hydroxyl groups is 2. The second kappa shape index (κ2) is 5.78.